The number of nitrogens with zero attached hydrogens (tertiary/aromatic N) is 1. The van der Waals surface area contributed by atoms with Crippen molar-refractivity contribution >= 4 is 11.3 Å². The van der Waals surface area contributed by atoms with Crippen molar-refractivity contribution in [1.29, 1.82) is 0 Å². The maximum Gasteiger partial charge on any atom is 0.0669 e. The highest BCUT2D eigenvalue weighted by atomic mass is 32.1. The van der Waals surface area contributed by atoms with Gasteiger partial charge < -0.3 is 5.11 Å². The lowest BCUT2D eigenvalue weighted by Crippen LogP contribution is -2.29. The van der Waals surface area contributed by atoms with Gasteiger partial charge in [0.25, 0.3) is 0 Å². The van der Waals surface area contributed by atoms with Gasteiger partial charge in [0, 0.05) is 18.0 Å². The van der Waals surface area contributed by atoms with Gasteiger partial charge in [0.15, 0.2) is 0 Å². The predicted octanol–water partition coefficient (Wildman–Crippen LogP) is 3.12. The Morgan fingerprint density at radius 3 is 2.88 bits per heavy atom. The lowest BCUT2D eigenvalue weighted by Gasteiger charge is -2.22. The Morgan fingerprint density at radius 2 is 2.24 bits per heavy atom. The molecule has 0 saturated heterocycles. The zero-order valence-electron chi connectivity index (χ0n) is 10.6. The van der Waals surface area contributed by atoms with Gasteiger partial charge in [0.2, 0.25) is 0 Å². The van der Waals surface area contributed by atoms with E-state index in [0.29, 0.717) is 0 Å². The number of rotatable bonds is 6. The molecule has 0 aromatic carbocycles. The van der Waals surface area contributed by atoms with Crippen LogP contribution in [-0.2, 0) is 6.54 Å². The number of aliphatic hydroxyl groups is 1. The highest BCUT2D eigenvalue weighted by Crippen LogP contribution is 2.28. The quantitative estimate of drug-likeness (QED) is 0.842. The van der Waals surface area contributed by atoms with Gasteiger partial charge in [0.1, 0.15) is 0 Å². The molecule has 17 heavy (non-hydrogen) atoms. The topological polar surface area (TPSA) is 23.5 Å². The van der Waals surface area contributed by atoms with Crippen LogP contribution in [0.3, 0.4) is 0 Å². The molecule has 1 fully saturated rings. The zero-order chi connectivity index (χ0) is 12.1. The van der Waals surface area contributed by atoms with E-state index in [4.69, 9.17) is 0 Å². The van der Waals surface area contributed by atoms with E-state index < -0.39 is 0 Å². The molecular weight excluding hydrogens is 230 g/mol. The van der Waals surface area contributed by atoms with Gasteiger partial charge in [-0.3, -0.25) is 4.90 Å². The largest absolute Gasteiger partial charge is 0.392 e. The van der Waals surface area contributed by atoms with Gasteiger partial charge in [-0.25, -0.2) is 0 Å². The molecule has 0 spiro atoms. The van der Waals surface area contributed by atoms with Gasteiger partial charge >= 0.3 is 0 Å². The van der Waals surface area contributed by atoms with E-state index in [1.54, 1.807) is 11.3 Å². The van der Waals surface area contributed by atoms with E-state index in [1.165, 1.54) is 30.6 Å². The lowest BCUT2D eigenvalue weighted by atomic mass is 10.00. The van der Waals surface area contributed by atoms with Crippen molar-refractivity contribution in [1.82, 2.24) is 4.90 Å². The Bertz CT molecular complexity index is 306. The summed E-state index contributed by atoms with van der Waals surface area (Å²) in [4.78, 5) is 3.60. The third-order valence-electron chi connectivity index (χ3n) is 3.61. The third kappa shape index (κ3) is 4.41. The summed E-state index contributed by atoms with van der Waals surface area (Å²) in [5.74, 6) is 0.778. The fourth-order valence-corrected chi connectivity index (χ4v) is 3.58. The van der Waals surface area contributed by atoms with Gasteiger partial charge in [-0.15, -0.1) is 11.3 Å². The van der Waals surface area contributed by atoms with Crippen LogP contribution < -0.4 is 0 Å². The molecular formula is C14H23NOS. The predicted molar refractivity (Wildman–Crippen MR) is 73.2 cm³/mol. The van der Waals surface area contributed by atoms with E-state index >= 15 is 0 Å². The van der Waals surface area contributed by atoms with Crippen molar-refractivity contribution in [2.75, 3.05) is 13.6 Å². The Balaban J connectivity index is 1.68. The summed E-state index contributed by atoms with van der Waals surface area (Å²) in [6.07, 6.45) is 6.22. The van der Waals surface area contributed by atoms with E-state index in [0.717, 1.165) is 25.4 Å². The Hall–Kier alpha value is -0.380. The highest BCUT2D eigenvalue weighted by molar-refractivity contribution is 7.09. The van der Waals surface area contributed by atoms with Crippen molar-refractivity contribution < 1.29 is 5.11 Å². The minimum absolute atomic E-state index is 0.150. The van der Waals surface area contributed by atoms with Crippen LogP contribution >= 0.6 is 11.3 Å². The standard InChI is InChI=1S/C14H23NOS/c1-15(11-14-7-4-8-17-14)10-13(16)9-12-5-2-3-6-12/h4,7-8,12-13,16H,2-3,5-6,9-11H2,1H3. The van der Waals surface area contributed by atoms with Crippen molar-refractivity contribution in [3.63, 3.8) is 0 Å². The monoisotopic (exact) mass is 253 g/mol. The summed E-state index contributed by atoms with van der Waals surface area (Å²) in [5, 5.41) is 12.2. The van der Waals surface area contributed by atoms with E-state index in [9.17, 15) is 5.11 Å². The fourth-order valence-electron chi connectivity index (χ4n) is 2.80. The summed E-state index contributed by atoms with van der Waals surface area (Å²) in [6.45, 7) is 1.76. The number of aliphatic hydroxyl groups excluding tert-OH is 1. The number of thiophene rings is 1. The highest BCUT2D eigenvalue weighted by Gasteiger charge is 2.19. The van der Waals surface area contributed by atoms with Crippen LogP contribution in [0.5, 0.6) is 0 Å². The van der Waals surface area contributed by atoms with Crippen LogP contribution in [0.4, 0.5) is 0 Å². The average molecular weight is 253 g/mol. The molecule has 1 aliphatic carbocycles. The Labute approximate surface area is 108 Å². The lowest BCUT2D eigenvalue weighted by molar-refractivity contribution is 0.0998. The van der Waals surface area contributed by atoms with Gasteiger partial charge in [-0.05, 0) is 30.8 Å². The molecule has 0 bridgehead atoms. The van der Waals surface area contributed by atoms with Crippen molar-refractivity contribution in [2.45, 2.75) is 44.8 Å². The van der Waals surface area contributed by atoms with Gasteiger partial charge in [0.05, 0.1) is 6.10 Å². The SMILES string of the molecule is CN(Cc1cccs1)CC(O)CC1CCCC1. The molecule has 1 heterocycles. The van der Waals surface area contributed by atoms with E-state index in [2.05, 4.69) is 29.5 Å². The van der Waals surface area contributed by atoms with Crippen LogP contribution in [0.2, 0.25) is 0 Å². The maximum absolute atomic E-state index is 10.1. The van der Waals surface area contributed by atoms with Crippen molar-refractivity contribution in [3.8, 4) is 0 Å². The molecule has 1 aromatic rings. The molecule has 2 nitrogen and oxygen atoms in total. The van der Waals surface area contributed by atoms with Crippen molar-refractivity contribution in [2.24, 2.45) is 5.92 Å². The molecule has 1 N–H and O–H groups in total. The third-order valence-corrected chi connectivity index (χ3v) is 4.47. The molecule has 3 heteroatoms. The molecule has 0 radical (unpaired) electrons. The zero-order valence-corrected chi connectivity index (χ0v) is 11.5. The van der Waals surface area contributed by atoms with Crippen LogP contribution in [0.25, 0.3) is 0 Å². The number of likely N-dealkylation sites (N-methyl/N-ethyl adjacent to an activating group) is 1. The Kier molecular flexibility index (Phi) is 5.01. The van der Waals surface area contributed by atoms with E-state index in [-0.39, 0.29) is 6.10 Å². The van der Waals surface area contributed by atoms with Crippen LogP contribution in [0.1, 0.15) is 37.0 Å². The summed E-state index contributed by atoms with van der Waals surface area (Å²) in [6, 6.07) is 4.24. The second-order valence-electron chi connectivity index (χ2n) is 5.32. The molecule has 1 aromatic heterocycles. The molecule has 96 valence electrons. The fraction of sp³-hybridized carbons (Fsp3) is 0.714. The van der Waals surface area contributed by atoms with Gasteiger partial charge in [-0.1, -0.05) is 31.7 Å². The first-order chi connectivity index (χ1) is 8.24. The summed E-state index contributed by atoms with van der Waals surface area (Å²) in [5.41, 5.74) is 0. The molecule has 0 aliphatic heterocycles. The van der Waals surface area contributed by atoms with E-state index in [1.807, 2.05) is 0 Å². The smallest absolute Gasteiger partial charge is 0.0669 e. The average Bonchev–Trinajstić information content (AvgIpc) is 2.90. The first kappa shape index (κ1) is 13.1. The molecule has 1 unspecified atom stereocenters. The minimum atomic E-state index is -0.150. The first-order valence-electron chi connectivity index (χ1n) is 6.63. The molecule has 1 saturated carbocycles. The van der Waals surface area contributed by atoms with Crippen molar-refractivity contribution in [3.05, 3.63) is 22.4 Å². The summed E-state index contributed by atoms with van der Waals surface area (Å²) < 4.78 is 0. The maximum atomic E-state index is 10.1. The number of hydrogen-bond acceptors (Lipinski definition) is 3. The molecule has 0 amide bonds. The van der Waals surface area contributed by atoms with Gasteiger partial charge in [-0.2, -0.15) is 0 Å². The van der Waals surface area contributed by atoms with Crippen LogP contribution in [-0.4, -0.2) is 29.7 Å². The second-order valence-corrected chi connectivity index (χ2v) is 6.35. The van der Waals surface area contributed by atoms with Crippen LogP contribution in [0.15, 0.2) is 17.5 Å². The molecule has 2 rings (SSSR count). The molecule has 1 atom stereocenters. The Morgan fingerprint density at radius 1 is 1.47 bits per heavy atom. The first-order valence-corrected chi connectivity index (χ1v) is 7.51. The summed E-state index contributed by atoms with van der Waals surface area (Å²) in [7, 11) is 2.09. The second kappa shape index (κ2) is 6.53. The minimum Gasteiger partial charge on any atom is -0.392 e. The molecule has 1 aliphatic rings. The normalized spacial score (nSPS) is 19.0. The van der Waals surface area contributed by atoms with Crippen LogP contribution in [0, 0.1) is 5.92 Å². The number of hydrogen-bond donors (Lipinski definition) is 1. The summed E-state index contributed by atoms with van der Waals surface area (Å²) >= 11 is 1.79.